The molecule has 2 unspecified atom stereocenters. The SMILES string of the molecule is c1cc2c(o1)CN1CNC2C1. The maximum absolute atomic E-state index is 5.36. The van der Waals surface area contributed by atoms with Crippen LogP contribution in [0.25, 0.3) is 0 Å². The van der Waals surface area contributed by atoms with Crippen molar-refractivity contribution in [2.75, 3.05) is 13.2 Å². The molecule has 0 saturated carbocycles. The number of rotatable bonds is 0. The third-order valence-corrected chi connectivity index (χ3v) is 2.52. The Labute approximate surface area is 65.0 Å². The first-order chi connectivity index (χ1) is 5.43. The van der Waals surface area contributed by atoms with Crippen molar-refractivity contribution in [1.29, 1.82) is 0 Å². The third kappa shape index (κ3) is 0.695. The van der Waals surface area contributed by atoms with Crippen molar-refractivity contribution in [3.8, 4) is 0 Å². The molecule has 0 amide bonds. The molecule has 1 saturated heterocycles. The van der Waals surface area contributed by atoms with Gasteiger partial charge in [0.15, 0.2) is 0 Å². The highest BCUT2D eigenvalue weighted by molar-refractivity contribution is 5.25. The number of hydrogen-bond donors (Lipinski definition) is 1. The van der Waals surface area contributed by atoms with E-state index in [1.165, 1.54) is 5.56 Å². The van der Waals surface area contributed by atoms with E-state index in [9.17, 15) is 0 Å². The normalized spacial score (nSPS) is 33.8. The number of nitrogens with zero attached hydrogens (tertiary/aromatic N) is 1. The number of furan rings is 1. The fourth-order valence-electron chi connectivity index (χ4n) is 1.95. The van der Waals surface area contributed by atoms with Crippen LogP contribution < -0.4 is 5.32 Å². The van der Waals surface area contributed by atoms with Crippen LogP contribution in [-0.4, -0.2) is 18.1 Å². The van der Waals surface area contributed by atoms with E-state index in [2.05, 4.69) is 16.3 Å². The van der Waals surface area contributed by atoms with Crippen LogP contribution >= 0.6 is 0 Å². The first-order valence-corrected chi connectivity index (χ1v) is 3.95. The average molecular weight is 150 g/mol. The van der Waals surface area contributed by atoms with E-state index < -0.39 is 0 Å². The summed E-state index contributed by atoms with van der Waals surface area (Å²) in [6.45, 7) is 3.13. The third-order valence-electron chi connectivity index (χ3n) is 2.52. The molecular formula is C8H10N2O. The molecule has 1 fully saturated rings. The number of fused-ring (bicyclic) bond motifs is 4. The summed E-state index contributed by atoms with van der Waals surface area (Å²) >= 11 is 0. The second-order valence-electron chi connectivity index (χ2n) is 3.23. The second-order valence-corrected chi connectivity index (χ2v) is 3.23. The zero-order valence-corrected chi connectivity index (χ0v) is 6.21. The van der Waals surface area contributed by atoms with Crippen LogP contribution in [0.2, 0.25) is 0 Å². The molecule has 1 aromatic heterocycles. The summed E-state index contributed by atoms with van der Waals surface area (Å²) in [5.74, 6) is 1.14. The quantitative estimate of drug-likeness (QED) is 0.590. The van der Waals surface area contributed by atoms with Gasteiger partial charge >= 0.3 is 0 Å². The fraction of sp³-hybridized carbons (Fsp3) is 0.500. The summed E-state index contributed by atoms with van der Waals surface area (Å²) in [4.78, 5) is 2.36. The highest BCUT2D eigenvalue weighted by atomic mass is 16.3. The molecule has 0 aromatic carbocycles. The van der Waals surface area contributed by atoms with Gasteiger partial charge in [-0.1, -0.05) is 0 Å². The van der Waals surface area contributed by atoms with Crippen LogP contribution in [0.15, 0.2) is 16.7 Å². The largest absolute Gasteiger partial charge is 0.468 e. The van der Waals surface area contributed by atoms with E-state index in [4.69, 9.17) is 4.42 Å². The monoisotopic (exact) mass is 150 g/mol. The van der Waals surface area contributed by atoms with Gasteiger partial charge in [-0.25, -0.2) is 0 Å². The van der Waals surface area contributed by atoms with E-state index in [1.807, 2.05) is 0 Å². The summed E-state index contributed by atoms with van der Waals surface area (Å²) in [5.41, 5.74) is 1.36. The van der Waals surface area contributed by atoms with Gasteiger partial charge in [0, 0.05) is 24.8 Å². The van der Waals surface area contributed by atoms with Gasteiger partial charge in [-0.3, -0.25) is 10.2 Å². The second kappa shape index (κ2) is 1.87. The molecule has 3 heteroatoms. The predicted octanol–water partition coefficient (Wildman–Crippen LogP) is 0.697. The molecule has 58 valence electrons. The molecular weight excluding hydrogens is 140 g/mol. The van der Waals surface area contributed by atoms with Gasteiger partial charge < -0.3 is 4.42 Å². The van der Waals surface area contributed by atoms with Crippen LogP contribution in [0.5, 0.6) is 0 Å². The van der Waals surface area contributed by atoms with E-state index in [0.29, 0.717) is 6.04 Å². The zero-order chi connectivity index (χ0) is 7.26. The molecule has 0 radical (unpaired) electrons. The molecule has 3 heterocycles. The van der Waals surface area contributed by atoms with Gasteiger partial charge in [-0.05, 0) is 6.07 Å². The van der Waals surface area contributed by atoms with Gasteiger partial charge in [0.1, 0.15) is 5.76 Å². The Kier molecular flexibility index (Phi) is 0.985. The Hall–Kier alpha value is -0.800. The number of hydrogen-bond acceptors (Lipinski definition) is 3. The Morgan fingerprint density at radius 3 is 3.64 bits per heavy atom. The van der Waals surface area contributed by atoms with Crippen molar-refractivity contribution < 1.29 is 4.42 Å². The lowest BCUT2D eigenvalue weighted by Crippen LogP contribution is -2.23. The molecule has 11 heavy (non-hydrogen) atoms. The van der Waals surface area contributed by atoms with Crippen LogP contribution in [0.4, 0.5) is 0 Å². The lowest BCUT2D eigenvalue weighted by molar-refractivity contribution is 0.277. The minimum Gasteiger partial charge on any atom is -0.468 e. The summed E-state index contributed by atoms with van der Waals surface area (Å²) in [6, 6.07) is 2.60. The average Bonchev–Trinajstić information content (AvgIpc) is 2.58. The Morgan fingerprint density at radius 2 is 2.64 bits per heavy atom. The summed E-state index contributed by atoms with van der Waals surface area (Å²) in [7, 11) is 0. The molecule has 2 bridgehead atoms. The van der Waals surface area contributed by atoms with Crippen LogP contribution in [0.3, 0.4) is 0 Å². The molecule has 2 aliphatic rings. The van der Waals surface area contributed by atoms with Gasteiger partial charge in [0.25, 0.3) is 0 Å². The molecule has 2 aliphatic heterocycles. The summed E-state index contributed by atoms with van der Waals surface area (Å²) < 4.78 is 5.36. The topological polar surface area (TPSA) is 28.4 Å². The first-order valence-electron chi connectivity index (χ1n) is 3.95. The maximum atomic E-state index is 5.36. The lowest BCUT2D eigenvalue weighted by atomic mass is 10.1. The highest BCUT2D eigenvalue weighted by Crippen LogP contribution is 2.30. The standard InChI is InChI=1S/C8H10N2O/c1-2-11-8-4-10-3-7(6(1)8)9-5-10/h1-2,7,9H,3-5H2. The first kappa shape index (κ1) is 5.80. The predicted molar refractivity (Wildman–Crippen MR) is 39.9 cm³/mol. The number of nitrogens with one attached hydrogen (secondary N) is 1. The van der Waals surface area contributed by atoms with Gasteiger partial charge in [-0.2, -0.15) is 0 Å². The molecule has 2 atom stereocenters. The minimum atomic E-state index is 0.525. The Balaban J connectivity index is 2.12. The van der Waals surface area contributed by atoms with E-state index in [-0.39, 0.29) is 0 Å². The maximum Gasteiger partial charge on any atom is 0.122 e. The lowest BCUT2D eigenvalue weighted by Gasteiger charge is -2.19. The van der Waals surface area contributed by atoms with E-state index in [0.717, 1.165) is 25.5 Å². The molecule has 3 nitrogen and oxygen atoms in total. The van der Waals surface area contributed by atoms with E-state index >= 15 is 0 Å². The smallest absolute Gasteiger partial charge is 0.122 e. The van der Waals surface area contributed by atoms with Gasteiger partial charge in [-0.15, -0.1) is 0 Å². The fourth-order valence-corrected chi connectivity index (χ4v) is 1.95. The highest BCUT2D eigenvalue weighted by Gasteiger charge is 2.31. The van der Waals surface area contributed by atoms with Crippen LogP contribution in [0, 0.1) is 0 Å². The molecule has 0 spiro atoms. The Bertz CT molecular complexity index is 281. The molecule has 0 aliphatic carbocycles. The molecule has 1 N–H and O–H groups in total. The summed E-state index contributed by atoms with van der Waals surface area (Å²) in [6.07, 6.45) is 1.79. The van der Waals surface area contributed by atoms with Crippen molar-refractivity contribution in [3.63, 3.8) is 0 Å². The Morgan fingerprint density at radius 1 is 1.64 bits per heavy atom. The van der Waals surface area contributed by atoms with Gasteiger partial charge in [0.05, 0.1) is 12.8 Å². The molecule has 3 rings (SSSR count). The van der Waals surface area contributed by atoms with Crippen LogP contribution in [0.1, 0.15) is 17.4 Å². The molecule has 1 aromatic rings. The summed E-state index contributed by atoms with van der Waals surface area (Å²) in [5, 5.41) is 3.43. The van der Waals surface area contributed by atoms with Crippen LogP contribution in [-0.2, 0) is 6.54 Å². The van der Waals surface area contributed by atoms with E-state index in [1.54, 1.807) is 6.26 Å². The minimum absolute atomic E-state index is 0.525. The van der Waals surface area contributed by atoms with Crippen molar-refractivity contribution in [3.05, 3.63) is 23.7 Å². The van der Waals surface area contributed by atoms with Gasteiger partial charge in [0.2, 0.25) is 0 Å². The van der Waals surface area contributed by atoms with Crippen molar-refractivity contribution in [1.82, 2.24) is 10.2 Å². The van der Waals surface area contributed by atoms with Crippen molar-refractivity contribution in [2.24, 2.45) is 0 Å². The van der Waals surface area contributed by atoms with Crippen molar-refractivity contribution >= 4 is 0 Å². The zero-order valence-electron chi connectivity index (χ0n) is 6.21. The van der Waals surface area contributed by atoms with Crippen molar-refractivity contribution in [2.45, 2.75) is 12.6 Å².